The number of hydrogen-bond acceptors (Lipinski definition) is 4. The maximum atomic E-state index is 13.0. The number of carbonyl (C=O) groups is 3. The second-order valence-electron chi connectivity index (χ2n) is 7.41. The Balaban J connectivity index is 1.69. The van der Waals surface area contributed by atoms with E-state index in [4.69, 9.17) is 4.42 Å². The molecule has 3 aromatic rings. The van der Waals surface area contributed by atoms with Crippen LogP contribution in [-0.2, 0) is 9.59 Å². The zero-order chi connectivity index (χ0) is 22.3. The normalized spacial score (nSPS) is 15.5. The van der Waals surface area contributed by atoms with Gasteiger partial charge in [0.05, 0.1) is 5.69 Å². The molecule has 1 aromatic heterocycles. The van der Waals surface area contributed by atoms with Crippen LogP contribution in [0.15, 0.2) is 63.0 Å². The molecule has 4 amide bonds. The van der Waals surface area contributed by atoms with Crippen LogP contribution in [0.25, 0.3) is 17.4 Å². The van der Waals surface area contributed by atoms with Gasteiger partial charge in [0.25, 0.3) is 11.8 Å². The number of aryl methyl sites for hydroxylation is 3. The summed E-state index contributed by atoms with van der Waals surface area (Å²) in [6, 6.07) is 13.8. The molecule has 156 valence electrons. The summed E-state index contributed by atoms with van der Waals surface area (Å²) >= 11 is 3.52. The predicted octanol–water partition coefficient (Wildman–Crippen LogP) is 5.30. The SMILES string of the molecule is Cc1ccc(-c2ccc(/C=C3/C(=O)NC(=O)N(c4ccc(C)c(C)c4)C3=O)o2)c(Br)c1. The Morgan fingerprint density at radius 3 is 2.42 bits per heavy atom. The van der Waals surface area contributed by atoms with Gasteiger partial charge in [0.1, 0.15) is 17.1 Å². The standard InChI is InChI=1S/C24H19BrN2O4/c1-13-4-8-18(20(25)10-13)21-9-7-17(31-21)12-19-22(28)26-24(30)27(23(19)29)16-6-5-14(2)15(3)11-16/h4-12H,1-3H3,(H,26,28,30)/b19-12-. The summed E-state index contributed by atoms with van der Waals surface area (Å²) < 4.78 is 6.72. The Hall–Kier alpha value is -3.45. The van der Waals surface area contributed by atoms with E-state index in [2.05, 4.69) is 21.2 Å². The molecule has 0 atom stereocenters. The summed E-state index contributed by atoms with van der Waals surface area (Å²) in [5, 5.41) is 2.23. The minimum absolute atomic E-state index is 0.179. The Morgan fingerprint density at radius 1 is 0.935 bits per heavy atom. The molecule has 2 heterocycles. The molecule has 0 aliphatic carbocycles. The van der Waals surface area contributed by atoms with Crippen molar-refractivity contribution in [2.75, 3.05) is 4.90 Å². The van der Waals surface area contributed by atoms with E-state index in [0.29, 0.717) is 17.2 Å². The van der Waals surface area contributed by atoms with E-state index in [1.54, 1.807) is 24.3 Å². The molecule has 0 radical (unpaired) electrons. The lowest BCUT2D eigenvalue weighted by Gasteiger charge is -2.26. The molecule has 4 rings (SSSR count). The second-order valence-corrected chi connectivity index (χ2v) is 8.27. The van der Waals surface area contributed by atoms with Crippen LogP contribution in [0.2, 0.25) is 0 Å². The highest BCUT2D eigenvalue weighted by Crippen LogP contribution is 2.31. The summed E-state index contributed by atoms with van der Waals surface area (Å²) in [7, 11) is 0. The molecule has 0 unspecified atom stereocenters. The van der Waals surface area contributed by atoms with Gasteiger partial charge in [0.2, 0.25) is 0 Å². The van der Waals surface area contributed by atoms with Crippen molar-refractivity contribution in [3.63, 3.8) is 0 Å². The Morgan fingerprint density at radius 2 is 1.71 bits per heavy atom. The molecule has 7 heteroatoms. The van der Waals surface area contributed by atoms with E-state index in [0.717, 1.165) is 31.6 Å². The van der Waals surface area contributed by atoms with Crippen LogP contribution in [0.1, 0.15) is 22.5 Å². The number of urea groups is 1. The monoisotopic (exact) mass is 478 g/mol. The van der Waals surface area contributed by atoms with Gasteiger partial charge < -0.3 is 4.42 Å². The van der Waals surface area contributed by atoms with Crippen LogP contribution in [0, 0.1) is 20.8 Å². The van der Waals surface area contributed by atoms with Crippen molar-refractivity contribution in [2.45, 2.75) is 20.8 Å². The molecule has 0 saturated carbocycles. The fraction of sp³-hybridized carbons (Fsp3) is 0.125. The molecule has 1 fully saturated rings. The third kappa shape index (κ3) is 3.96. The van der Waals surface area contributed by atoms with Crippen LogP contribution in [0.3, 0.4) is 0 Å². The van der Waals surface area contributed by atoms with Crippen molar-refractivity contribution in [3.8, 4) is 11.3 Å². The Labute approximate surface area is 187 Å². The van der Waals surface area contributed by atoms with Gasteiger partial charge in [-0.05, 0) is 79.9 Å². The number of barbiturate groups is 1. The van der Waals surface area contributed by atoms with Gasteiger partial charge in [0, 0.05) is 10.0 Å². The van der Waals surface area contributed by atoms with Gasteiger partial charge in [0.15, 0.2) is 0 Å². The number of furan rings is 1. The molecule has 0 spiro atoms. The smallest absolute Gasteiger partial charge is 0.335 e. The summed E-state index contributed by atoms with van der Waals surface area (Å²) in [4.78, 5) is 38.8. The number of halogens is 1. The number of imide groups is 2. The average Bonchev–Trinajstić information content (AvgIpc) is 3.16. The molecule has 1 N–H and O–H groups in total. The van der Waals surface area contributed by atoms with E-state index < -0.39 is 17.8 Å². The summed E-state index contributed by atoms with van der Waals surface area (Å²) in [6.07, 6.45) is 1.35. The zero-order valence-corrected chi connectivity index (χ0v) is 18.7. The first-order valence-electron chi connectivity index (χ1n) is 9.59. The quantitative estimate of drug-likeness (QED) is 0.409. The summed E-state index contributed by atoms with van der Waals surface area (Å²) in [5.41, 5.74) is 4.13. The first-order valence-corrected chi connectivity index (χ1v) is 10.4. The van der Waals surface area contributed by atoms with Gasteiger partial charge in [-0.1, -0.05) is 28.1 Å². The van der Waals surface area contributed by atoms with Crippen molar-refractivity contribution >= 4 is 45.5 Å². The lowest BCUT2D eigenvalue weighted by Crippen LogP contribution is -2.54. The van der Waals surface area contributed by atoms with Crippen LogP contribution < -0.4 is 10.2 Å². The number of rotatable bonds is 3. The minimum atomic E-state index is -0.779. The van der Waals surface area contributed by atoms with Crippen molar-refractivity contribution in [2.24, 2.45) is 0 Å². The molecule has 1 aliphatic heterocycles. The van der Waals surface area contributed by atoms with E-state index in [-0.39, 0.29) is 5.57 Å². The number of anilines is 1. The van der Waals surface area contributed by atoms with E-state index in [9.17, 15) is 14.4 Å². The van der Waals surface area contributed by atoms with Crippen LogP contribution in [-0.4, -0.2) is 17.8 Å². The van der Waals surface area contributed by atoms with E-state index in [1.165, 1.54) is 6.08 Å². The molecule has 0 bridgehead atoms. The van der Waals surface area contributed by atoms with Crippen LogP contribution in [0.5, 0.6) is 0 Å². The number of carbonyl (C=O) groups excluding carboxylic acids is 3. The molecule has 6 nitrogen and oxygen atoms in total. The summed E-state index contributed by atoms with van der Waals surface area (Å²) in [5.74, 6) is -0.545. The molecular weight excluding hydrogens is 460 g/mol. The predicted molar refractivity (Wildman–Crippen MR) is 121 cm³/mol. The maximum absolute atomic E-state index is 13.0. The molecular formula is C24H19BrN2O4. The number of amides is 4. The lowest BCUT2D eigenvalue weighted by molar-refractivity contribution is -0.122. The number of nitrogens with zero attached hydrogens (tertiary/aromatic N) is 1. The van der Waals surface area contributed by atoms with Crippen molar-refractivity contribution < 1.29 is 18.8 Å². The minimum Gasteiger partial charge on any atom is -0.457 e. The Bertz CT molecular complexity index is 1270. The summed E-state index contributed by atoms with van der Waals surface area (Å²) in [6.45, 7) is 5.82. The molecule has 31 heavy (non-hydrogen) atoms. The van der Waals surface area contributed by atoms with Gasteiger partial charge in [-0.15, -0.1) is 0 Å². The van der Waals surface area contributed by atoms with Crippen LogP contribution >= 0.6 is 15.9 Å². The third-order valence-corrected chi connectivity index (χ3v) is 5.81. The van der Waals surface area contributed by atoms with Gasteiger partial charge >= 0.3 is 6.03 Å². The van der Waals surface area contributed by atoms with E-state index >= 15 is 0 Å². The highest BCUT2D eigenvalue weighted by atomic mass is 79.9. The fourth-order valence-electron chi connectivity index (χ4n) is 3.29. The molecule has 1 aliphatic rings. The van der Waals surface area contributed by atoms with Crippen LogP contribution in [0.4, 0.5) is 10.5 Å². The topological polar surface area (TPSA) is 79.6 Å². The maximum Gasteiger partial charge on any atom is 0.335 e. The number of hydrogen-bond donors (Lipinski definition) is 1. The van der Waals surface area contributed by atoms with Gasteiger partial charge in [-0.3, -0.25) is 14.9 Å². The number of benzene rings is 2. The van der Waals surface area contributed by atoms with Gasteiger partial charge in [-0.2, -0.15) is 0 Å². The average molecular weight is 479 g/mol. The highest BCUT2D eigenvalue weighted by molar-refractivity contribution is 9.10. The molecule has 1 saturated heterocycles. The van der Waals surface area contributed by atoms with Crippen molar-refractivity contribution in [1.29, 1.82) is 0 Å². The Kier molecular flexibility index (Phi) is 5.37. The highest BCUT2D eigenvalue weighted by Gasteiger charge is 2.37. The third-order valence-electron chi connectivity index (χ3n) is 5.15. The van der Waals surface area contributed by atoms with Crippen molar-refractivity contribution in [1.82, 2.24) is 5.32 Å². The number of nitrogens with one attached hydrogen (secondary N) is 1. The van der Waals surface area contributed by atoms with Crippen molar-refractivity contribution in [3.05, 3.63) is 81.0 Å². The zero-order valence-electron chi connectivity index (χ0n) is 17.2. The largest absolute Gasteiger partial charge is 0.457 e. The fourth-order valence-corrected chi connectivity index (χ4v) is 3.98. The first-order chi connectivity index (χ1) is 14.7. The lowest BCUT2D eigenvalue weighted by atomic mass is 10.1. The second kappa shape index (κ2) is 8.00. The van der Waals surface area contributed by atoms with Gasteiger partial charge in [-0.25, -0.2) is 9.69 Å². The molecule has 2 aromatic carbocycles. The van der Waals surface area contributed by atoms with E-state index in [1.807, 2.05) is 45.0 Å². The first kappa shape index (κ1) is 20.8.